The molecule has 2 amide bonds. The maximum absolute atomic E-state index is 12.2. The Morgan fingerprint density at radius 3 is 2.61 bits per heavy atom. The molecule has 3 atom stereocenters. The van der Waals surface area contributed by atoms with E-state index in [1.807, 2.05) is 6.92 Å². The highest BCUT2D eigenvalue weighted by molar-refractivity contribution is 5.83. The molecule has 1 heterocycles. The standard InChI is InChI=1S/C12H22N2O4/c1-8-4-5-14(10(6-8)11(16)17)12(18)13(3)9(2)7-15/h8-10,15H,4-7H2,1-3H3,(H,16,17). The normalized spacial score (nSPS) is 25.7. The van der Waals surface area contributed by atoms with E-state index in [2.05, 4.69) is 0 Å². The van der Waals surface area contributed by atoms with Crippen molar-refractivity contribution in [3.8, 4) is 0 Å². The molecule has 2 N–H and O–H groups in total. The van der Waals surface area contributed by atoms with E-state index in [4.69, 9.17) is 5.11 Å². The molecule has 1 aliphatic rings. The van der Waals surface area contributed by atoms with Crippen LogP contribution >= 0.6 is 0 Å². The molecular weight excluding hydrogens is 236 g/mol. The molecular formula is C12H22N2O4. The molecule has 0 spiro atoms. The maximum Gasteiger partial charge on any atom is 0.326 e. The zero-order valence-electron chi connectivity index (χ0n) is 11.2. The Morgan fingerprint density at radius 2 is 2.11 bits per heavy atom. The van der Waals surface area contributed by atoms with E-state index in [1.54, 1.807) is 14.0 Å². The molecule has 3 unspecified atom stereocenters. The zero-order chi connectivity index (χ0) is 13.9. The van der Waals surface area contributed by atoms with Gasteiger partial charge in [0.05, 0.1) is 12.6 Å². The minimum Gasteiger partial charge on any atom is -0.480 e. The lowest BCUT2D eigenvalue weighted by Crippen LogP contribution is -2.55. The quantitative estimate of drug-likeness (QED) is 0.777. The van der Waals surface area contributed by atoms with Crippen molar-refractivity contribution in [1.82, 2.24) is 9.80 Å². The lowest BCUT2D eigenvalue weighted by molar-refractivity contribution is -0.144. The number of amides is 2. The molecule has 18 heavy (non-hydrogen) atoms. The molecule has 0 aromatic rings. The van der Waals surface area contributed by atoms with E-state index in [0.717, 1.165) is 6.42 Å². The molecule has 0 aromatic carbocycles. The third kappa shape index (κ3) is 3.13. The minimum absolute atomic E-state index is 0.135. The van der Waals surface area contributed by atoms with Crippen molar-refractivity contribution < 1.29 is 19.8 Å². The Hall–Kier alpha value is -1.30. The van der Waals surface area contributed by atoms with Crippen LogP contribution in [-0.2, 0) is 4.79 Å². The lowest BCUT2D eigenvalue weighted by Gasteiger charge is -2.39. The van der Waals surface area contributed by atoms with Crippen LogP contribution in [0.4, 0.5) is 4.79 Å². The molecule has 1 fully saturated rings. The highest BCUT2D eigenvalue weighted by Crippen LogP contribution is 2.24. The van der Waals surface area contributed by atoms with Gasteiger partial charge in [-0.1, -0.05) is 6.92 Å². The summed E-state index contributed by atoms with van der Waals surface area (Å²) in [6.45, 7) is 4.04. The summed E-state index contributed by atoms with van der Waals surface area (Å²) in [7, 11) is 1.58. The minimum atomic E-state index is -0.958. The number of urea groups is 1. The number of nitrogens with zero attached hydrogens (tertiary/aromatic N) is 2. The van der Waals surface area contributed by atoms with Gasteiger partial charge in [-0.15, -0.1) is 0 Å². The van der Waals surface area contributed by atoms with E-state index in [9.17, 15) is 14.7 Å². The fourth-order valence-electron chi connectivity index (χ4n) is 2.12. The van der Waals surface area contributed by atoms with Gasteiger partial charge in [-0.2, -0.15) is 0 Å². The molecule has 0 saturated carbocycles. The monoisotopic (exact) mass is 258 g/mol. The fourth-order valence-corrected chi connectivity index (χ4v) is 2.12. The third-order valence-corrected chi connectivity index (χ3v) is 3.62. The van der Waals surface area contributed by atoms with Crippen LogP contribution in [0, 0.1) is 5.92 Å². The molecule has 0 radical (unpaired) electrons. The van der Waals surface area contributed by atoms with Crippen LogP contribution in [0.1, 0.15) is 26.7 Å². The Morgan fingerprint density at radius 1 is 1.50 bits per heavy atom. The predicted molar refractivity (Wildman–Crippen MR) is 66.2 cm³/mol. The van der Waals surface area contributed by atoms with Gasteiger partial charge in [0.2, 0.25) is 0 Å². The number of carboxylic acids is 1. The first kappa shape index (κ1) is 14.8. The van der Waals surface area contributed by atoms with Crippen LogP contribution in [0.15, 0.2) is 0 Å². The number of carboxylic acid groups (broad SMARTS) is 1. The molecule has 6 nitrogen and oxygen atoms in total. The summed E-state index contributed by atoms with van der Waals surface area (Å²) in [5.41, 5.74) is 0. The number of rotatable bonds is 3. The van der Waals surface area contributed by atoms with E-state index in [-0.39, 0.29) is 18.7 Å². The summed E-state index contributed by atoms with van der Waals surface area (Å²) in [5, 5.41) is 18.2. The van der Waals surface area contributed by atoms with Crippen molar-refractivity contribution in [3.05, 3.63) is 0 Å². The number of aliphatic carboxylic acids is 1. The van der Waals surface area contributed by atoms with Crippen molar-refractivity contribution in [2.24, 2.45) is 5.92 Å². The Balaban J connectivity index is 2.79. The summed E-state index contributed by atoms with van der Waals surface area (Å²) in [6.07, 6.45) is 1.30. The zero-order valence-corrected chi connectivity index (χ0v) is 11.2. The van der Waals surface area contributed by atoms with Gasteiger partial charge in [0.25, 0.3) is 0 Å². The molecule has 6 heteroatoms. The number of aliphatic hydroxyl groups is 1. The number of likely N-dealkylation sites (N-methyl/N-ethyl adjacent to an activating group) is 1. The van der Waals surface area contributed by atoms with Gasteiger partial charge in [0.1, 0.15) is 6.04 Å². The van der Waals surface area contributed by atoms with Crippen LogP contribution in [0.3, 0.4) is 0 Å². The van der Waals surface area contributed by atoms with Crippen LogP contribution in [-0.4, -0.2) is 64.3 Å². The average molecular weight is 258 g/mol. The van der Waals surface area contributed by atoms with Gasteiger partial charge in [-0.3, -0.25) is 0 Å². The highest BCUT2D eigenvalue weighted by atomic mass is 16.4. The molecule has 0 bridgehead atoms. The first-order valence-electron chi connectivity index (χ1n) is 6.25. The summed E-state index contributed by atoms with van der Waals surface area (Å²) in [6, 6.07) is -1.39. The number of piperidine rings is 1. The Kier molecular flexibility index (Phi) is 4.95. The van der Waals surface area contributed by atoms with E-state index >= 15 is 0 Å². The maximum atomic E-state index is 12.2. The molecule has 104 valence electrons. The van der Waals surface area contributed by atoms with E-state index in [0.29, 0.717) is 18.9 Å². The molecule has 1 rings (SSSR count). The summed E-state index contributed by atoms with van der Waals surface area (Å²) in [5.74, 6) is -0.643. The van der Waals surface area contributed by atoms with Crippen molar-refractivity contribution in [2.45, 2.75) is 38.8 Å². The Bertz CT molecular complexity index is 321. The first-order valence-corrected chi connectivity index (χ1v) is 6.25. The summed E-state index contributed by atoms with van der Waals surface area (Å²) >= 11 is 0. The first-order chi connectivity index (χ1) is 8.38. The highest BCUT2D eigenvalue weighted by Gasteiger charge is 2.36. The largest absolute Gasteiger partial charge is 0.480 e. The van der Waals surface area contributed by atoms with E-state index < -0.39 is 12.0 Å². The van der Waals surface area contributed by atoms with Crippen molar-refractivity contribution in [3.63, 3.8) is 0 Å². The number of likely N-dealkylation sites (tertiary alicyclic amines) is 1. The van der Waals surface area contributed by atoms with Crippen molar-refractivity contribution in [1.29, 1.82) is 0 Å². The SMILES string of the molecule is CC1CCN(C(=O)N(C)C(C)CO)C(C(=O)O)C1. The van der Waals surface area contributed by atoms with Crippen LogP contribution in [0.2, 0.25) is 0 Å². The molecule has 0 aromatic heterocycles. The van der Waals surface area contributed by atoms with Crippen LogP contribution < -0.4 is 0 Å². The smallest absolute Gasteiger partial charge is 0.326 e. The Labute approximate surface area is 107 Å². The summed E-state index contributed by atoms with van der Waals surface area (Å²) < 4.78 is 0. The number of carbonyl (C=O) groups excluding carboxylic acids is 1. The van der Waals surface area contributed by atoms with Crippen LogP contribution in [0.5, 0.6) is 0 Å². The van der Waals surface area contributed by atoms with E-state index in [1.165, 1.54) is 9.80 Å². The number of carbonyl (C=O) groups is 2. The second-order valence-corrected chi connectivity index (χ2v) is 5.10. The average Bonchev–Trinajstić information content (AvgIpc) is 2.35. The number of hydrogen-bond acceptors (Lipinski definition) is 3. The second-order valence-electron chi connectivity index (χ2n) is 5.10. The van der Waals surface area contributed by atoms with Gasteiger partial charge >= 0.3 is 12.0 Å². The molecule has 0 aliphatic carbocycles. The number of aliphatic hydroxyl groups excluding tert-OH is 1. The van der Waals surface area contributed by atoms with Crippen molar-refractivity contribution in [2.75, 3.05) is 20.2 Å². The fraction of sp³-hybridized carbons (Fsp3) is 0.833. The number of hydrogen-bond donors (Lipinski definition) is 2. The van der Waals surface area contributed by atoms with Gasteiger partial charge < -0.3 is 20.0 Å². The molecule has 1 aliphatic heterocycles. The summed E-state index contributed by atoms with van der Waals surface area (Å²) in [4.78, 5) is 26.2. The van der Waals surface area contributed by atoms with Gasteiger partial charge in [-0.25, -0.2) is 9.59 Å². The van der Waals surface area contributed by atoms with Gasteiger partial charge in [-0.05, 0) is 25.7 Å². The lowest BCUT2D eigenvalue weighted by atomic mass is 9.92. The van der Waals surface area contributed by atoms with Gasteiger partial charge in [0, 0.05) is 13.6 Å². The third-order valence-electron chi connectivity index (χ3n) is 3.62. The van der Waals surface area contributed by atoms with Crippen LogP contribution in [0.25, 0.3) is 0 Å². The topological polar surface area (TPSA) is 81.1 Å². The predicted octanol–water partition coefficient (Wildman–Crippen LogP) is 0.604. The molecule has 1 saturated heterocycles. The van der Waals surface area contributed by atoms with Crippen molar-refractivity contribution >= 4 is 12.0 Å². The second kappa shape index (κ2) is 6.04. The van der Waals surface area contributed by atoms with Gasteiger partial charge in [0.15, 0.2) is 0 Å².